The van der Waals surface area contributed by atoms with Crippen LogP contribution in [-0.4, -0.2) is 31.7 Å². The van der Waals surface area contributed by atoms with Crippen molar-refractivity contribution in [1.29, 1.82) is 0 Å². The number of carboxylic acids is 1. The largest absolute Gasteiger partial charge is 0.480 e. The minimum Gasteiger partial charge on any atom is -0.480 e. The zero-order valence-corrected chi connectivity index (χ0v) is 10.2. The van der Waals surface area contributed by atoms with Gasteiger partial charge in [-0.25, -0.2) is 4.98 Å². The van der Waals surface area contributed by atoms with E-state index in [1.165, 1.54) is 23.3 Å². The molecule has 0 saturated heterocycles. The van der Waals surface area contributed by atoms with Gasteiger partial charge in [0, 0.05) is 18.7 Å². The molecule has 0 unspecified atom stereocenters. The van der Waals surface area contributed by atoms with Crippen LogP contribution in [0.3, 0.4) is 0 Å². The van der Waals surface area contributed by atoms with E-state index in [1.807, 2.05) is 6.92 Å². The Morgan fingerprint density at radius 1 is 1.53 bits per heavy atom. The Labute approximate surface area is 108 Å². The van der Waals surface area contributed by atoms with Crippen molar-refractivity contribution < 1.29 is 19.1 Å². The smallest absolute Gasteiger partial charge is 0.325 e. The van der Waals surface area contributed by atoms with Gasteiger partial charge in [0.15, 0.2) is 17.9 Å². The van der Waals surface area contributed by atoms with E-state index in [1.54, 1.807) is 0 Å². The van der Waals surface area contributed by atoms with E-state index in [0.29, 0.717) is 12.2 Å². The Hall–Kier alpha value is -2.64. The highest BCUT2D eigenvalue weighted by atomic mass is 16.4. The summed E-state index contributed by atoms with van der Waals surface area (Å²) in [6.07, 6.45) is 3.22. The summed E-state index contributed by atoms with van der Waals surface area (Å²) in [6.45, 7) is 1.58. The van der Waals surface area contributed by atoms with Crippen LogP contribution >= 0.6 is 0 Å². The Kier molecular flexibility index (Phi) is 3.60. The molecule has 0 aliphatic carbocycles. The molecule has 100 valence electrons. The van der Waals surface area contributed by atoms with Crippen LogP contribution in [0.2, 0.25) is 0 Å². The van der Waals surface area contributed by atoms with Gasteiger partial charge in [-0.2, -0.15) is 5.10 Å². The number of nitrogens with one attached hydrogen (secondary N) is 1. The van der Waals surface area contributed by atoms with Crippen LogP contribution in [0.25, 0.3) is 0 Å². The molecular weight excluding hydrogens is 252 g/mol. The van der Waals surface area contributed by atoms with Crippen LogP contribution < -0.4 is 5.32 Å². The molecular formula is C11H12N4O4. The van der Waals surface area contributed by atoms with Crippen LogP contribution in [0.5, 0.6) is 0 Å². The number of nitrogens with zero attached hydrogens (tertiary/aromatic N) is 3. The standard InChI is InChI=1S/C11H12N4O4/c1-2-7-10(12-6-19-7)11(18)13-8-3-4-15(14-8)5-9(16)17/h3-4,6H,2,5H2,1H3,(H,16,17)(H,13,14,18). The van der Waals surface area contributed by atoms with E-state index in [-0.39, 0.29) is 18.1 Å². The second-order valence-corrected chi connectivity index (χ2v) is 3.72. The number of aliphatic carboxylic acids is 1. The normalized spacial score (nSPS) is 10.4. The monoisotopic (exact) mass is 264 g/mol. The first-order chi connectivity index (χ1) is 9.10. The minimum atomic E-state index is -1.01. The van der Waals surface area contributed by atoms with E-state index in [9.17, 15) is 9.59 Å². The molecule has 2 aromatic heterocycles. The number of anilines is 1. The summed E-state index contributed by atoms with van der Waals surface area (Å²) in [4.78, 5) is 26.2. The SMILES string of the molecule is CCc1ocnc1C(=O)Nc1ccn(CC(=O)O)n1. The Bertz CT molecular complexity index is 601. The summed E-state index contributed by atoms with van der Waals surface area (Å²) >= 11 is 0. The number of hydrogen-bond donors (Lipinski definition) is 2. The predicted molar refractivity (Wildman–Crippen MR) is 63.7 cm³/mol. The third-order valence-electron chi connectivity index (χ3n) is 2.36. The van der Waals surface area contributed by atoms with Crippen LogP contribution in [0.4, 0.5) is 5.82 Å². The first kappa shape index (κ1) is 12.8. The molecule has 0 atom stereocenters. The molecule has 8 nitrogen and oxygen atoms in total. The first-order valence-corrected chi connectivity index (χ1v) is 5.59. The molecule has 0 spiro atoms. The van der Waals surface area contributed by atoms with Gasteiger partial charge in [-0.3, -0.25) is 14.3 Å². The lowest BCUT2D eigenvalue weighted by Crippen LogP contribution is -2.15. The summed E-state index contributed by atoms with van der Waals surface area (Å²) in [5, 5.41) is 15.0. The summed E-state index contributed by atoms with van der Waals surface area (Å²) in [5.41, 5.74) is 0.204. The van der Waals surface area contributed by atoms with Gasteiger partial charge in [-0.1, -0.05) is 6.92 Å². The third kappa shape index (κ3) is 2.97. The van der Waals surface area contributed by atoms with Gasteiger partial charge in [0.05, 0.1) is 0 Å². The van der Waals surface area contributed by atoms with Crippen LogP contribution in [0.1, 0.15) is 23.2 Å². The van der Waals surface area contributed by atoms with Gasteiger partial charge in [0.25, 0.3) is 5.91 Å². The van der Waals surface area contributed by atoms with Crippen molar-refractivity contribution in [3.05, 3.63) is 30.1 Å². The molecule has 2 aromatic rings. The number of carboxylic acid groups (broad SMARTS) is 1. The molecule has 0 saturated carbocycles. The number of oxazole rings is 1. The van der Waals surface area contributed by atoms with Gasteiger partial charge in [0.2, 0.25) is 0 Å². The van der Waals surface area contributed by atoms with Crippen molar-refractivity contribution in [2.45, 2.75) is 19.9 Å². The van der Waals surface area contributed by atoms with Crippen LogP contribution in [0.15, 0.2) is 23.1 Å². The Balaban J connectivity index is 2.07. The topological polar surface area (TPSA) is 110 Å². The molecule has 0 aromatic carbocycles. The lowest BCUT2D eigenvalue weighted by molar-refractivity contribution is -0.137. The van der Waals surface area contributed by atoms with Crippen molar-refractivity contribution >= 4 is 17.7 Å². The van der Waals surface area contributed by atoms with Crippen molar-refractivity contribution in [3.8, 4) is 0 Å². The molecule has 0 bridgehead atoms. The Morgan fingerprint density at radius 2 is 2.32 bits per heavy atom. The van der Waals surface area contributed by atoms with E-state index in [2.05, 4.69) is 15.4 Å². The lowest BCUT2D eigenvalue weighted by Gasteiger charge is -2.00. The molecule has 19 heavy (non-hydrogen) atoms. The fourth-order valence-corrected chi connectivity index (χ4v) is 1.54. The van der Waals surface area contributed by atoms with Gasteiger partial charge in [-0.15, -0.1) is 0 Å². The van der Waals surface area contributed by atoms with E-state index in [0.717, 1.165) is 0 Å². The third-order valence-corrected chi connectivity index (χ3v) is 2.36. The highest BCUT2D eigenvalue weighted by molar-refractivity contribution is 6.02. The van der Waals surface area contributed by atoms with E-state index < -0.39 is 11.9 Å². The number of hydrogen-bond acceptors (Lipinski definition) is 5. The average molecular weight is 264 g/mol. The van der Waals surface area contributed by atoms with Crippen molar-refractivity contribution in [1.82, 2.24) is 14.8 Å². The fourth-order valence-electron chi connectivity index (χ4n) is 1.54. The van der Waals surface area contributed by atoms with Gasteiger partial charge in [0.1, 0.15) is 12.3 Å². The molecule has 0 aliphatic heterocycles. The van der Waals surface area contributed by atoms with Gasteiger partial charge in [-0.05, 0) is 0 Å². The molecule has 0 fully saturated rings. The molecule has 2 N–H and O–H groups in total. The summed E-state index contributed by atoms with van der Waals surface area (Å²) in [6, 6.07) is 1.51. The zero-order valence-electron chi connectivity index (χ0n) is 10.2. The number of aryl methyl sites for hydroxylation is 1. The predicted octanol–water partition coefficient (Wildman–Crippen LogP) is 0.770. The van der Waals surface area contributed by atoms with Crippen LogP contribution in [0, 0.1) is 0 Å². The molecule has 0 aliphatic rings. The molecule has 2 heterocycles. The maximum absolute atomic E-state index is 11.9. The van der Waals surface area contributed by atoms with Crippen molar-refractivity contribution in [2.24, 2.45) is 0 Å². The van der Waals surface area contributed by atoms with Gasteiger partial charge >= 0.3 is 5.97 Å². The maximum atomic E-state index is 11.9. The molecule has 8 heteroatoms. The number of rotatable bonds is 5. The van der Waals surface area contributed by atoms with Crippen molar-refractivity contribution in [2.75, 3.05) is 5.32 Å². The van der Waals surface area contributed by atoms with Gasteiger partial charge < -0.3 is 14.8 Å². The minimum absolute atomic E-state index is 0.204. The first-order valence-electron chi connectivity index (χ1n) is 5.59. The quantitative estimate of drug-likeness (QED) is 0.825. The highest BCUT2D eigenvalue weighted by Gasteiger charge is 2.16. The second-order valence-electron chi connectivity index (χ2n) is 3.72. The number of carbonyl (C=O) groups is 2. The van der Waals surface area contributed by atoms with E-state index >= 15 is 0 Å². The number of amides is 1. The van der Waals surface area contributed by atoms with Crippen LogP contribution in [-0.2, 0) is 17.8 Å². The summed E-state index contributed by atoms with van der Waals surface area (Å²) in [5.74, 6) is -0.698. The lowest BCUT2D eigenvalue weighted by atomic mass is 10.3. The molecule has 2 rings (SSSR count). The Morgan fingerprint density at radius 3 is 3.00 bits per heavy atom. The number of aromatic nitrogens is 3. The fraction of sp³-hybridized carbons (Fsp3) is 0.273. The average Bonchev–Trinajstić information content (AvgIpc) is 2.96. The summed E-state index contributed by atoms with van der Waals surface area (Å²) < 4.78 is 6.27. The second kappa shape index (κ2) is 5.34. The maximum Gasteiger partial charge on any atom is 0.325 e. The summed E-state index contributed by atoms with van der Waals surface area (Å²) in [7, 11) is 0. The highest BCUT2D eigenvalue weighted by Crippen LogP contribution is 2.10. The zero-order chi connectivity index (χ0) is 13.8. The number of carbonyl (C=O) groups excluding carboxylic acids is 1. The van der Waals surface area contributed by atoms with E-state index in [4.69, 9.17) is 9.52 Å². The molecule has 0 radical (unpaired) electrons. The molecule has 1 amide bonds. The van der Waals surface area contributed by atoms with Crippen molar-refractivity contribution in [3.63, 3.8) is 0 Å².